The van der Waals surface area contributed by atoms with Gasteiger partial charge in [0, 0.05) is 10.6 Å². The third-order valence-corrected chi connectivity index (χ3v) is 6.21. The predicted molar refractivity (Wildman–Crippen MR) is 135 cm³/mol. The molecule has 1 fully saturated rings. The van der Waals surface area contributed by atoms with Crippen molar-refractivity contribution in [1.82, 2.24) is 10.2 Å². The molecule has 1 saturated heterocycles. The van der Waals surface area contributed by atoms with Crippen molar-refractivity contribution in [2.75, 3.05) is 7.11 Å². The number of ether oxygens (including phenoxy) is 2. The summed E-state index contributed by atoms with van der Waals surface area (Å²) in [6.07, 6.45) is 1.63. The van der Waals surface area contributed by atoms with E-state index in [9.17, 15) is 9.59 Å². The Morgan fingerprint density at radius 3 is 2.52 bits per heavy atom. The van der Waals surface area contributed by atoms with Crippen LogP contribution >= 0.6 is 34.2 Å². The number of carbonyl (C=O) groups excluding carboxylic acids is 2. The number of nitrogens with one attached hydrogen (secondary N) is 1. The van der Waals surface area contributed by atoms with Crippen LogP contribution in [0, 0.1) is 3.57 Å². The number of carbonyl (C=O) groups is 2. The second kappa shape index (κ2) is 10.3. The van der Waals surface area contributed by atoms with Crippen molar-refractivity contribution in [1.29, 1.82) is 0 Å². The molecule has 3 aromatic carbocycles. The summed E-state index contributed by atoms with van der Waals surface area (Å²) in [4.78, 5) is 26.4. The monoisotopic (exact) mass is 574 g/mol. The molecule has 0 bridgehead atoms. The quantitative estimate of drug-likeness (QED) is 0.226. The molecule has 1 heterocycles. The Balaban J connectivity index is 1.54. The van der Waals surface area contributed by atoms with Crippen LogP contribution in [0.15, 0.2) is 72.4 Å². The summed E-state index contributed by atoms with van der Waals surface area (Å²) in [5.74, 6) is 0.711. The number of hydrogen-bond acceptors (Lipinski definition) is 4. The fourth-order valence-corrected chi connectivity index (χ4v) is 4.35. The highest BCUT2D eigenvalue weighted by Crippen LogP contribution is 2.35. The highest BCUT2D eigenvalue weighted by molar-refractivity contribution is 14.1. The first-order valence-electron chi connectivity index (χ1n) is 10.1. The zero-order chi connectivity index (χ0) is 23.4. The Kier molecular flexibility index (Phi) is 7.20. The van der Waals surface area contributed by atoms with Gasteiger partial charge in [-0.05, 0) is 58.0 Å². The van der Waals surface area contributed by atoms with Gasteiger partial charge >= 0.3 is 6.03 Å². The van der Waals surface area contributed by atoms with Crippen molar-refractivity contribution >= 4 is 52.2 Å². The lowest BCUT2D eigenvalue weighted by molar-refractivity contribution is -0.123. The molecule has 1 N–H and O–H groups in total. The van der Waals surface area contributed by atoms with E-state index in [-0.39, 0.29) is 24.8 Å². The van der Waals surface area contributed by atoms with E-state index in [1.807, 2.05) is 60.7 Å². The van der Waals surface area contributed by atoms with Crippen molar-refractivity contribution in [2.24, 2.45) is 0 Å². The SMILES string of the molecule is COc1cc(/C=C2/NC(=O)N(Cc3ccccc3)C2=O)cc(I)c1OCc1ccccc1Cl. The Morgan fingerprint density at radius 2 is 1.79 bits per heavy atom. The van der Waals surface area contributed by atoms with E-state index in [2.05, 4.69) is 27.9 Å². The van der Waals surface area contributed by atoms with E-state index in [1.165, 1.54) is 4.90 Å². The summed E-state index contributed by atoms with van der Waals surface area (Å²) >= 11 is 8.37. The van der Waals surface area contributed by atoms with Crippen molar-refractivity contribution in [3.63, 3.8) is 0 Å². The fraction of sp³-hybridized carbons (Fsp3) is 0.120. The molecule has 168 valence electrons. The van der Waals surface area contributed by atoms with Gasteiger partial charge in [-0.3, -0.25) is 9.69 Å². The first-order chi connectivity index (χ1) is 16.0. The lowest BCUT2D eigenvalue weighted by atomic mass is 10.1. The molecule has 1 aliphatic heterocycles. The Labute approximate surface area is 210 Å². The first-order valence-corrected chi connectivity index (χ1v) is 11.5. The van der Waals surface area contributed by atoms with Gasteiger partial charge in [0.1, 0.15) is 12.3 Å². The van der Waals surface area contributed by atoms with Gasteiger partial charge in [0.25, 0.3) is 5.91 Å². The van der Waals surface area contributed by atoms with Gasteiger partial charge in [-0.25, -0.2) is 4.79 Å². The molecule has 0 aromatic heterocycles. The number of methoxy groups -OCH3 is 1. The summed E-state index contributed by atoms with van der Waals surface area (Å²) in [6.45, 7) is 0.494. The van der Waals surface area contributed by atoms with E-state index in [0.29, 0.717) is 22.1 Å². The second-order valence-corrected chi connectivity index (χ2v) is 8.85. The molecule has 0 atom stereocenters. The molecular formula is C25H20ClIN2O4. The molecule has 0 unspecified atom stereocenters. The van der Waals surface area contributed by atoms with E-state index in [0.717, 1.165) is 14.7 Å². The van der Waals surface area contributed by atoms with Crippen LogP contribution in [-0.2, 0) is 17.9 Å². The Bertz CT molecular complexity index is 1230. The fourth-order valence-electron chi connectivity index (χ4n) is 3.38. The minimum Gasteiger partial charge on any atom is -0.493 e. The van der Waals surface area contributed by atoms with Crippen molar-refractivity contribution in [2.45, 2.75) is 13.2 Å². The number of halogens is 2. The highest BCUT2D eigenvalue weighted by Gasteiger charge is 2.33. The Hall–Kier alpha value is -3.04. The number of hydrogen-bond donors (Lipinski definition) is 1. The number of imide groups is 1. The van der Waals surface area contributed by atoms with Crippen LogP contribution in [0.1, 0.15) is 16.7 Å². The summed E-state index contributed by atoms with van der Waals surface area (Å²) in [5.41, 5.74) is 2.64. The number of urea groups is 1. The average molecular weight is 575 g/mol. The number of benzene rings is 3. The minimum atomic E-state index is -0.448. The molecule has 0 spiro atoms. The van der Waals surface area contributed by atoms with Crippen LogP contribution in [0.3, 0.4) is 0 Å². The van der Waals surface area contributed by atoms with Crippen LogP contribution < -0.4 is 14.8 Å². The van der Waals surface area contributed by atoms with Crippen LogP contribution in [-0.4, -0.2) is 23.9 Å². The molecule has 33 heavy (non-hydrogen) atoms. The van der Waals surface area contributed by atoms with Crippen molar-refractivity contribution < 1.29 is 19.1 Å². The largest absolute Gasteiger partial charge is 0.493 e. The van der Waals surface area contributed by atoms with E-state index in [4.69, 9.17) is 21.1 Å². The van der Waals surface area contributed by atoms with Gasteiger partial charge in [0.15, 0.2) is 11.5 Å². The molecular weight excluding hydrogens is 555 g/mol. The van der Waals surface area contributed by atoms with E-state index < -0.39 is 6.03 Å². The van der Waals surface area contributed by atoms with Gasteiger partial charge in [0.05, 0.1) is 17.2 Å². The van der Waals surface area contributed by atoms with Crippen LogP contribution in [0.5, 0.6) is 11.5 Å². The van der Waals surface area contributed by atoms with Gasteiger partial charge in [-0.15, -0.1) is 0 Å². The van der Waals surface area contributed by atoms with E-state index >= 15 is 0 Å². The maximum absolute atomic E-state index is 12.8. The topological polar surface area (TPSA) is 67.9 Å². The highest BCUT2D eigenvalue weighted by atomic mass is 127. The minimum absolute atomic E-state index is 0.207. The second-order valence-electron chi connectivity index (χ2n) is 7.28. The van der Waals surface area contributed by atoms with E-state index in [1.54, 1.807) is 19.3 Å². The molecule has 0 aliphatic carbocycles. The maximum Gasteiger partial charge on any atom is 0.329 e. The summed E-state index contributed by atoms with van der Waals surface area (Å²) in [6, 6.07) is 20.0. The van der Waals surface area contributed by atoms with Gasteiger partial charge in [-0.2, -0.15) is 0 Å². The average Bonchev–Trinajstić information content (AvgIpc) is 3.07. The molecule has 8 heteroatoms. The number of nitrogens with zero attached hydrogens (tertiary/aromatic N) is 1. The molecule has 0 saturated carbocycles. The Morgan fingerprint density at radius 1 is 1.06 bits per heavy atom. The summed E-state index contributed by atoms with van der Waals surface area (Å²) in [7, 11) is 1.55. The molecule has 0 radical (unpaired) electrons. The van der Waals surface area contributed by atoms with Gasteiger partial charge in [-0.1, -0.05) is 60.1 Å². The standard InChI is InChI=1S/C25H20ClIN2O4/c1-32-22-13-17(11-20(27)23(22)33-15-18-9-5-6-10-19(18)26)12-21-24(30)29(25(31)28-21)14-16-7-3-2-4-8-16/h2-13H,14-15H2,1H3,(H,28,31)/b21-12+. The van der Waals surface area contributed by atoms with Crippen LogP contribution in [0.4, 0.5) is 4.79 Å². The number of amides is 3. The maximum atomic E-state index is 12.8. The molecule has 3 aromatic rings. The van der Waals surface area contributed by atoms with Gasteiger partial charge < -0.3 is 14.8 Å². The van der Waals surface area contributed by atoms with Crippen molar-refractivity contribution in [3.05, 3.63) is 97.7 Å². The third-order valence-electron chi connectivity index (χ3n) is 5.04. The van der Waals surface area contributed by atoms with Crippen molar-refractivity contribution in [3.8, 4) is 11.5 Å². The summed E-state index contributed by atoms with van der Waals surface area (Å²) in [5, 5.41) is 3.28. The lowest BCUT2D eigenvalue weighted by Crippen LogP contribution is -2.30. The zero-order valence-corrected chi connectivity index (χ0v) is 20.6. The normalized spacial score (nSPS) is 14.5. The smallest absolute Gasteiger partial charge is 0.329 e. The predicted octanol–water partition coefficient (Wildman–Crippen LogP) is 5.63. The summed E-state index contributed by atoms with van der Waals surface area (Å²) < 4.78 is 12.3. The van der Waals surface area contributed by atoms with Crippen LogP contribution in [0.25, 0.3) is 6.08 Å². The van der Waals surface area contributed by atoms with Crippen LogP contribution in [0.2, 0.25) is 5.02 Å². The molecule has 6 nitrogen and oxygen atoms in total. The lowest BCUT2D eigenvalue weighted by Gasteiger charge is -2.14. The third kappa shape index (κ3) is 5.31. The molecule has 4 rings (SSSR count). The molecule has 3 amide bonds. The zero-order valence-electron chi connectivity index (χ0n) is 17.7. The van der Waals surface area contributed by atoms with Gasteiger partial charge in [0.2, 0.25) is 0 Å². The molecule has 1 aliphatic rings. The first kappa shape index (κ1) is 23.1. The number of rotatable bonds is 7.